The first kappa shape index (κ1) is 8.21. The summed E-state index contributed by atoms with van der Waals surface area (Å²) >= 11 is 0. The second kappa shape index (κ2) is 2.69. The van der Waals surface area contributed by atoms with Gasteiger partial charge in [0.05, 0.1) is 19.3 Å². The minimum Gasteiger partial charge on any atom is -0.393 e. The van der Waals surface area contributed by atoms with E-state index in [2.05, 4.69) is 0 Å². The van der Waals surface area contributed by atoms with Crippen molar-refractivity contribution >= 4 is 0 Å². The number of fused-ring (bicyclic) bond motifs is 2. The highest BCUT2D eigenvalue weighted by atomic mass is 16.7. The Kier molecular flexibility index (Phi) is 1.70. The third-order valence-corrected chi connectivity index (χ3v) is 3.90. The first-order valence-electron chi connectivity index (χ1n) is 5.26. The van der Waals surface area contributed by atoms with Crippen molar-refractivity contribution in [2.24, 2.45) is 11.8 Å². The summed E-state index contributed by atoms with van der Waals surface area (Å²) in [6, 6.07) is 0. The van der Waals surface area contributed by atoms with Gasteiger partial charge in [-0.25, -0.2) is 0 Å². The van der Waals surface area contributed by atoms with Crippen LogP contribution in [0.15, 0.2) is 0 Å². The Morgan fingerprint density at radius 1 is 1.15 bits per heavy atom. The van der Waals surface area contributed by atoms with Crippen molar-refractivity contribution in [3.63, 3.8) is 0 Å². The van der Waals surface area contributed by atoms with E-state index >= 15 is 0 Å². The zero-order valence-electron chi connectivity index (χ0n) is 7.74. The number of hydrogen-bond donors (Lipinski definition) is 1. The highest BCUT2D eigenvalue weighted by Crippen LogP contribution is 2.51. The van der Waals surface area contributed by atoms with Crippen molar-refractivity contribution in [2.75, 3.05) is 13.2 Å². The lowest BCUT2D eigenvalue weighted by Crippen LogP contribution is -2.53. The zero-order valence-corrected chi connectivity index (χ0v) is 7.74. The summed E-state index contributed by atoms with van der Waals surface area (Å²) in [7, 11) is 0. The summed E-state index contributed by atoms with van der Waals surface area (Å²) in [5.74, 6) is 0.570. The molecule has 2 bridgehead atoms. The van der Waals surface area contributed by atoms with Crippen molar-refractivity contribution in [2.45, 2.75) is 37.6 Å². The van der Waals surface area contributed by atoms with Crippen molar-refractivity contribution in [3.05, 3.63) is 0 Å². The molecule has 0 radical (unpaired) electrons. The van der Waals surface area contributed by atoms with Crippen LogP contribution in [0.25, 0.3) is 0 Å². The van der Waals surface area contributed by atoms with Gasteiger partial charge in [0.1, 0.15) is 0 Å². The van der Waals surface area contributed by atoms with E-state index in [1.54, 1.807) is 0 Å². The summed E-state index contributed by atoms with van der Waals surface area (Å²) in [4.78, 5) is 0. The van der Waals surface area contributed by atoms with E-state index < -0.39 is 0 Å². The molecule has 3 aliphatic carbocycles. The Hall–Kier alpha value is -0.120. The summed E-state index contributed by atoms with van der Waals surface area (Å²) in [5.41, 5.74) is 0. The molecule has 1 saturated heterocycles. The SMILES string of the molecule is O[C@H]1C[C@H]2CC[C@@H]1CC21OCCO1. The molecule has 0 aromatic rings. The highest BCUT2D eigenvalue weighted by Gasteiger charge is 2.54. The quantitative estimate of drug-likeness (QED) is 0.608. The summed E-state index contributed by atoms with van der Waals surface area (Å²) < 4.78 is 11.5. The van der Waals surface area contributed by atoms with Crippen molar-refractivity contribution in [1.82, 2.24) is 0 Å². The van der Waals surface area contributed by atoms with Gasteiger partial charge in [-0.1, -0.05) is 0 Å². The van der Waals surface area contributed by atoms with Gasteiger partial charge in [-0.3, -0.25) is 0 Å². The van der Waals surface area contributed by atoms with Crippen LogP contribution >= 0.6 is 0 Å². The maximum absolute atomic E-state index is 9.73. The molecule has 0 amide bonds. The van der Waals surface area contributed by atoms with Crippen LogP contribution in [0.5, 0.6) is 0 Å². The molecule has 1 spiro atoms. The minimum atomic E-state index is -0.290. The molecule has 74 valence electrons. The molecule has 1 heterocycles. The summed E-state index contributed by atoms with van der Waals surface area (Å²) in [6.45, 7) is 1.47. The molecule has 0 aromatic carbocycles. The lowest BCUT2D eigenvalue weighted by atomic mass is 9.65. The maximum atomic E-state index is 9.73. The molecular weight excluding hydrogens is 168 g/mol. The van der Waals surface area contributed by atoms with Gasteiger partial charge < -0.3 is 14.6 Å². The second-order valence-corrected chi connectivity index (χ2v) is 4.55. The van der Waals surface area contributed by atoms with Crippen LogP contribution in [-0.4, -0.2) is 30.2 Å². The normalized spacial score (nSPS) is 47.3. The number of aliphatic hydroxyl groups excluding tert-OH is 1. The van der Waals surface area contributed by atoms with Gasteiger partial charge in [-0.2, -0.15) is 0 Å². The van der Waals surface area contributed by atoms with Gasteiger partial charge in [0.15, 0.2) is 5.79 Å². The fraction of sp³-hybridized carbons (Fsp3) is 1.00. The fourth-order valence-corrected chi connectivity index (χ4v) is 3.20. The summed E-state index contributed by atoms with van der Waals surface area (Å²) in [5, 5.41) is 9.73. The second-order valence-electron chi connectivity index (χ2n) is 4.55. The van der Waals surface area contributed by atoms with Gasteiger partial charge in [0.25, 0.3) is 0 Å². The Bertz CT molecular complexity index is 210. The van der Waals surface area contributed by atoms with Gasteiger partial charge in [0.2, 0.25) is 0 Å². The number of hydrogen-bond acceptors (Lipinski definition) is 3. The lowest BCUT2D eigenvalue weighted by molar-refractivity contribution is -0.256. The van der Waals surface area contributed by atoms with Crippen LogP contribution in [-0.2, 0) is 9.47 Å². The average Bonchev–Trinajstić information content (AvgIpc) is 2.57. The molecule has 4 aliphatic rings. The van der Waals surface area contributed by atoms with Crippen LogP contribution < -0.4 is 0 Å². The predicted molar refractivity (Wildman–Crippen MR) is 46.1 cm³/mol. The molecule has 1 aliphatic heterocycles. The van der Waals surface area contributed by atoms with Gasteiger partial charge in [0, 0.05) is 12.3 Å². The van der Waals surface area contributed by atoms with E-state index in [9.17, 15) is 5.11 Å². The number of aliphatic hydroxyl groups is 1. The smallest absolute Gasteiger partial charge is 0.171 e. The standard InChI is InChI=1S/C10H16O3/c11-9-5-8-2-1-7(9)6-10(8)12-3-4-13-10/h7-9,11H,1-6H2/t7-,8-,9+/m1/s1. The van der Waals surface area contributed by atoms with E-state index in [-0.39, 0.29) is 11.9 Å². The van der Waals surface area contributed by atoms with E-state index in [0.29, 0.717) is 11.8 Å². The van der Waals surface area contributed by atoms with Crippen LogP contribution in [0.1, 0.15) is 25.7 Å². The molecule has 4 rings (SSSR count). The molecule has 3 saturated carbocycles. The Balaban J connectivity index is 1.85. The third kappa shape index (κ3) is 1.07. The Morgan fingerprint density at radius 3 is 2.46 bits per heavy atom. The molecule has 0 unspecified atom stereocenters. The van der Waals surface area contributed by atoms with Crippen LogP contribution in [0.3, 0.4) is 0 Å². The van der Waals surface area contributed by atoms with Gasteiger partial charge >= 0.3 is 0 Å². The number of rotatable bonds is 0. The van der Waals surface area contributed by atoms with E-state index in [1.165, 1.54) is 6.42 Å². The Morgan fingerprint density at radius 2 is 1.92 bits per heavy atom. The Labute approximate surface area is 78.0 Å². The molecule has 0 aromatic heterocycles. The molecular formula is C10H16O3. The first-order valence-corrected chi connectivity index (χ1v) is 5.26. The third-order valence-electron chi connectivity index (χ3n) is 3.90. The van der Waals surface area contributed by atoms with Crippen LogP contribution in [0.2, 0.25) is 0 Å². The van der Waals surface area contributed by atoms with E-state index in [1.807, 2.05) is 0 Å². The first-order chi connectivity index (χ1) is 6.30. The summed E-state index contributed by atoms with van der Waals surface area (Å²) in [6.07, 6.45) is 4.02. The van der Waals surface area contributed by atoms with Crippen molar-refractivity contribution in [3.8, 4) is 0 Å². The highest BCUT2D eigenvalue weighted by molar-refractivity contribution is 4.98. The molecule has 3 atom stereocenters. The van der Waals surface area contributed by atoms with Crippen molar-refractivity contribution < 1.29 is 14.6 Å². The molecule has 3 nitrogen and oxygen atoms in total. The van der Waals surface area contributed by atoms with Gasteiger partial charge in [-0.05, 0) is 25.2 Å². The van der Waals surface area contributed by atoms with E-state index in [0.717, 1.165) is 32.5 Å². The molecule has 3 heteroatoms. The van der Waals surface area contributed by atoms with Crippen molar-refractivity contribution in [1.29, 1.82) is 0 Å². The van der Waals surface area contributed by atoms with Crippen LogP contribution in [0, 0.1) is 11.8 Å². The van der Waals surface area contributed by atoms with E-state index in [4.69, 9.17) is 9.47 Å². The van der Waals surface area contributed by atoms with Crippen LogP contribution in [0.4, 0.5) is 0 Å². The molecule has 13 heavy (non-hydrogen) atoms. The average molecular weight is 184 g/mol. The predicted octanol–water partition coefficient (Wildman–Crippen LogP) is 0.910. The zero-order chi connectivity index (χ0) is 8.89. The molecule has 1 N–H and O–H groups in total. The van der Waals surface area contributed by atoms with Gasteiger partial charge in [-0.15, -0.1) is 0 Å². The lowest BCUT2D eigenvalue weighted by Gasteiger charge is -2.50. The fourth-order valence-electron chi connectivity index (χ4n) is 3.20. The molecule has 4 fully saturated rings. The largest absolute Gasteiger partial charge is 0.393 e. The maximum Gasteiger partial charge on any atom is 0.171 e. The minimum absolute atomic E-state index is 0.0998. The monoisotopic (exact) mass is 184 g/mol. The topological polar surface area (TPSA) is 38.7 Å². The number of ether oxygens (including phenoxy) is 2.